The highest BCUT2D eigenvalue weighted by Crippen LogP contribution is 2.19. The number of ether oxygens (including phenoxy) is 2. The lowest BCUT2D eigenvalue weighted by Gasteiger charge is -2.28. The second-order valence-corrected chi connectivity index (χ2v) is 8.86. The Balaban J connectivity index is 0.00000265. The summed E-state index contributed by atoms with van der Waals surface area (Å²) in [7, 11) is 0. The number of aromatic carboxylic acids is 1. The van der Waals surface area contributed by atoms with Crippen molar-refractivity contribution in [2.45, 2.75) is 66.9 Å². The molecule has 0 fully saturated rings. The van der Waals surface area contributed by atoms with Crippen LogP contribution < -0.4 is 4.74 Å². The Morgan fingerprint density at radius 1 is 1.18 bits per heavy atom. The largest absolute Gasteiger partial charge is 0.478 e. The van der Waals surface area contributed by atoms with Gasteiger partial charge in [-0.1, -0.05) is 45.9 Å². The molecule has 1 heterocycles. The van der Waals surface area contributed by atoms with E-state index in [9.17, 15) is 9.59 Å². The lowest BCUT2D eigenvalue weighted by Crippen LogP contribution is -2.38. The smallest absolute Gasteiger partial charge is 0.410 e. The number of allylic oxidation sites excluding steroid dienone is 3. The van der Waals surface area contributed by atoms with Gasteiger partial charge in [-0.25, -0.2) is 14.6 Å². The Bertz CT molecular complexity index is 862. The Labute approximate surface area is 197 Å². The van der Waals surface area contributed by atoms with Gasteiger partial charge in [-0.3, -0.25) is 0 Å². The molecule has 2 rings (SSSR count). The van der Waals surface area contributed by atoms with Crippen molar-refractivity contribution in [1.29, 1.82) is 0 Å². The summed E-state index contributed by atoms with van der Waals surface area (Å²) in [6.45, 7) is 14.9. The van der Waals surface area contributed by atoms with Crippen molar-refractivity contribution in [2.75, 3.05) is 13.1 Å². The van der Waals surface area contributed by atoms with Crippen LogP contribution in [0.15, 0.2) is 54.0 Å². The van der Waals surface area contributed by atoms with Crippen LogP contribution in [0.5, 0.6) is 5.88 Å². The van der Waals surface area contributed by atoms with Gasteiger partial charge in [0.15, 0.2) is 0 Å². The van der Waals surface area contributed by atoms with Crippen molar-refractivity contribution in [3.8, 4) is 5.88 Å². The molecule has 1 aromatic heterocycles. The number of hydrogen-bond acceptors (Lipinski definition) is 5. The molecule has 0 spiro atoms. The highest BCUT2D eigenvalue weighted by Gasteiger charge is 2.22. The van der Waals surface area contributed by atoms with E-state index in [1.807, 2.05) is 58.9 Å². The summed E-state index contributed by atoms with van der Waals surface area (Å²) in [5.74, 6) is 0.445. The average molecular weight is 459 g/mol. The molecule has 0 bridgehead atoms. The summed E-state index contributed by atoms with van der Waals surface area (Å²) < 4.78 is 11.3. The quantitative estimate of drug-likeness (QED) is 0.496. The molecule has 0 unspecified atom stereocenters. The monoisotopic (exact) mass is 458 g/mol. The zero-order valence-corrected chi connectivity index (χ0v) is 20.9. The first-order chi connectivity index (χ1) is 15.5. The molecule has 0 radical (unpaired) electrons. The van der Waals surface area contributed by atoms with Crippen LogP contribution in [0.25, 0.3) is 0 Å². The molecule has 0 saturated carbocycles. The molecule has 0 atom stereocenters. The first-order valence-electron chi connectivity index (χ1n) is 11.4. The Morgan fingerprint density at radius 2 is 1.88 bits per heavy atom. The van der Waals surface area contributed by atoms with E-state index in [0.29, 0.717) is 37.1 Å². The van der Waals surface area contributed by atoms with Crippen molar-refractivity contribution < 1.29 is 24.2 Å². The summed E-state index contributed by atoms with van der Waals surface area (Å²) in [5, 5.41) is 8.96. The molecule has 7 nitrogen and oxygen atoms in total. The minimum absolute atomic E-state index is 0.105. The third-order valence-corrected chi connectivity index (χ3v) is 4.35. The molecular formula is C26H38N2O5. The van der Waals surface area contributed by atoms with E-state index in [0.717, 1.165) is 12.0 Å². The molecule has 1 aliphatic carbocycles. The number of carboxylic acids is 1. The normalized spacial score (nSPS) is 13.2. The van der Waals surface area contributed by atoms with Gasteiger partial charge in [0.05, 0.1) is 5.56 Å². The first kappa shape index (κ1) is 27.9. The average Bonchev–Trinajstić information content (AvgIpc) is 2.96. The van der Waals surface area contributed by atoms with E-state index in [2.05, 4.69) is 18.8 Å². The standard InChI is InChI=1S/C24H32N2O5.C2H6/c1-17(2)13-14-26(23(29)31-24(3,4)5)16-18-7-6-8-20(11-9-18)30-21-12-10-19(15-25-21)22(27)28;1-2/h6-7,9-12,15,17H,8,13-14,16H2,1-5H3,(H,27,28);1-2H3. The van der Waals surface area contributed by atoms with Crippen LogP contribution in [0, 0.1) is 5.92 Å². The van der Waals surface area contributed by atoms with Gasteiger partial charge in [-0.15, -0.1) is 0 Å². The van der Waals surface area contributed by atoms with Gasteiger partial charge in [0, 0.05) is 31.8 Å². The first-order valence-corrected chi connectivity index (χ1v) is 11.4. The number of aromatic nitrogens is 1. The van der Waals surface area contributed by atoms with Gasteiger partial charge in [-0.05, 0) is 50.8 Å². The predicted octanol–water partition coefficient (Wildman–Crippen LogP) is 6.24. The molecule has 7 heteroatoms. The zero-order valence-electron chi connectivity index (χ0n) is 20.9. The minimum Gasteiger partial charge on any atom is -0.478 e. The number of nitrogens with zero attached hydrogens (tertiary/aromatic N) is 2. The van der Waals surface area contributed by atoms with E-state index in [4.69, 9.17) is 14.6 Å². The Morgan fingerprint density at radius 3 is 2.42 bits per heavy atom. The van der Waals surface area contributed by atoms with Crippen molar-refractivity contribution in [1.82, 2.24) is 9.88 Å². The molecule has 1 aromatic rings. The maximum atomic E-state index is 12.7. The topological polar surface area (TPSA) is 89.0 Å². The molecule has 1 amide bonds. The van der Waals surface area contributed by atoms with Crippen molar-refractivity contribution >= 4 is 12.1 Å². The third kappa shape index (κ3) is 10.9. The van der Waals surface area contributed by atoms with Crippen LogP contribution in [0.4, 0.5) is 4.79 Å². The molecule has 182 valence electrons. The maximum Gasteiger partial charge on any atom is 0.410 e. The second-order valence-electron chi connectivity index (χ2n) is 8.86. The van der Waals surface area contributed by atoms with E-state index in [1.165, 1.54) is 18.3 Å². The third-order valence-electron chi connectivity index (χ3n) is 4.35. The fraction of sp³-hybridized carbons (Fsp3) is 0.500. The van der Waals surface area contributed by atoms with Crippen LogP contribution in [0.3, 0.4) is 0 Å². The number of carboxylic acid groups (broad SMARTS) is 1. The molecule has 1 aliphatic rings. The fourth-order valence-corrected chi connectivity index (χ4v) is 2.73. The van der Waals surface area contributed by atoms with Crippen LogP contribution in [-0.4, -0.2) is 45.7 Å². The van der Waals surface area contributed by atoms with Crippen LogP contribution in [0.2, 0.25) is 0 Å². The number of hydrogen-bond donors (Lipinski definition) is 1. The SMILES string of the molecule is CC.CC(C)CCN(CC1=CC=C(Oc2ccc(C(=O)O)cn2)CC=C1)C(=O)OC(C)(C)C. The summed E-state index contributed by atoms with van der Waals surface area (Å²) >= 11 is 0. The van der Waals surface area contributed by atoms with Crippen LogP contribution >= 0.6 is 0 Å². The molecule has 0 aromatic carbocycles. The second kappa shape index (κ2) is 13.5. The summed E-state index contributed by atoms with van der Waals surface area (Å²) in [4.78, 5) is 29.4. The molecular weight excluding hydrogens is 420 g/mol. The van der Waals surface area contributed by atoms with E-state index >= 15 is 0 Å². The minimum atomic E-state index is -1.03. The van der Waals surface area contributed by atoms with Crippen molar-refractivity contribution in [3.05, 3.63) is 59.5 Å². The molecule has 0 saturated heterocycles. The zero-order chi connectivity index (χ0) is 25.0. The Hall–Kier alpha value is -3.09. The number of carbonyl (C=O) groups is 2. The molecule has 1 N–H and O–H groups in total. The number of carbonyl (C=O) groups excluding carboxylic acids is 1. The van der Waals surface area contributed by atoms with Gasteiger partial charge in [0.25, 0.3) is 0 Å². The van der Waals surface area contributed by atoms with Crippen molar-refractivity contribution in [3.63, 3.8) is 0 Å². The van der Waals surface area contributed by atoms with Gasteiger partial charge in [0.2, 0.25) is 5.88 Å². The molecule has 0 aliphatic heterocycles. The van der Waals surface area contributed by atoms with Gasteiger partial charge < -0.3 is 19.5 Å². The van der Waals surface area contributed by atoms with Crippen molar-refractivity contribution in [2.24, 2.45) is 5.92 Å². The van der Waals surface area contributed by atoms with Gasteiger partial charge >= 0.3 is 12.1 Å². The van der Waals surface area contributed by atoms with Gasteiger partial charge in [-0.2, -0.15) is 0 Å². The Kier molecular flexibility index (Phi) is 11.4. The van der Waals surface area contributed by atoms with Crippen LogP contribution in [0.1, 0.15) is 71.7 Å². The summed E-state index contributed by atoms with van der Waals surface area (Å²) in [6, 6.07) is 2.98. The lowest BCUT2D eigenvalue weighted by atomic mass is 10.1. The highest BCUT2D eigenvalue weighted by atomic mass is 16.6. The fourth-order valence-electron chi connectivity index (χ4n) is 2.73. The summed E-state index contributed by atoms with van der Waals surface area (Å²) in [5.41, 5.74) is 0.514. The van der Waals surface area contributed by atoms with E-state index in [-0.39, 0.29) is 11.7 Å². The van der Waals surface area contributed by atoms with E-state index in [1.54, 1.807) is 4.90 Å². The number of pyridine rings is 1. The number of amides is 1. The predicted molar refractivity (Wildman–Crippen MR) is 130 cm³/mol. The maximum absolute atomic E-state index is 12.7. The van der Waals surface area contributed by atoms with Gasteiger partial charge in [0.1, 0.15) is 11.4 Å². The van der Waals surface area contributed by atoms with Crippen LogP contribution in [-0.2, 0) is 4.74 Å². The number of rotatable bonds is 8. The molecule has 33 heavy (non-hydrogen) atoms. The highest BCUT2D eigenvalue weighted by molar-refractivity contribution is 5.87. The summed E-state index contributed by atoms with van der Waals surface area (Å²) in [6.07, 6.45) is 10.1. The lowest BCUT2D eigenvalue weighted by molar-refractivity contribution is 0.0261. The van der Waals surface area contributed by atoms with E-state index < -0.39 is 11.6 Å².